The maximum atomic E-state index is 14.0. The Labute approximate surface area is 125 Å². The highest BCUT2D eigenvalue weighted by molar-refractivity contribution is 7.15. The molecule has 1 aromatic carbocycles. The maximum absolute atomic E-state index is 14.0. The van der Waals surface area contributed by atoms with Gasteiger partial charge in [-0.15, -0.1) is 11.3 Å². The Hall–Kier alpha value is -1.79. The zero-order valence-electron chi connectivity index (χ0n) is 11.7. The number of thiazole rings is 1. The van der Waals surface area contributed by atoms with E-state index in [0.29, 0.717) is 17.5 Å². The molecule has 0 aliphatic carbocycles. The number of nitrogens with one attached hydrogen (secondary N) is 1. The van der Waals surface area contributed by atoms with Gasteiger partial charge in [-0.1, -0.05) is 0 Å². The number of hydrogen-bond donors (Lipinski definition) is 1. The summed E-state index contributed by atoms with van der Waals surface area (Å²) in [6.45, 7) is 1.64. The molecule has 1 N–H and O–H groups in total. The molecule has 110 valence electrons. The van der Waals surface area contributed by atoms with Crippen LogP contribution in [-0.4, -0.2) is 16.4 Å². The molecule has 3 rings (SSSR count). The first-order chi connectivity index (χ1) is 10.1. The Morgan fingerprint density at radius 1 is 1.33 bits per heavy atom. The van der Waals surface area contributed by atoms with Crippen LogP contribution in [0.1, 0.15) is 22.9 Å². The molecule has 21 heavy (non-hydrogen) atoms. The van der Waals surface area contributed by atoms with E-state index < -0.39 is 11.6 Å². The van der Waals surface area contributed by atoms with E-state index in [2.05, 4.69) is 10.3 Å². The van der Waals surface area contributed by atoms with Crippen molar-refractivity contribution in [2.24, 2.45) is 0 Å². The number of halogens is 2. The molecule has 0 spiro atoms. The summed E-state index contributed by atoms with van der Waals surface area (Å²) in [6, 6.07) is 2.26. The molecular weight excluding hydrogens is 292 g/mol. The summed E-state index contributed by atoms with van der Waals surface area (Å²) in [6.07, 6.45) is 4.42. The van der Waals surface area contributed by atoms with Gasteiger partial charge in [-0.25, -0.2) is 13.8 Å². The highest BCUT2D eigenvalue weighted by Crippen LogP contribution is 2.24. The first kappa shape index (κ1) is 14.2. The number of fused-ring (bicyclic) bond motifs is 1. The SMILES string of the molecule is CNC(Cc1cn2ccsc2n1)c1cc(C)c(F)cc1F. The zero-order valence-corrected chi connectivity index (χ0v) is 12.5. The standard InChI is InChI=1S/C15H15F2N3S/c1-9-5-11(13(17)7-12(9)16)14(18-2)6-10-8-20-3-4-21-15(20)19-10/h3-5,7-8,14,18H,6H2,1-2H3. The molecule has 1 unspecified atom stereocenters. The van der Waals surface area contributed by atoms with Gasteiger partial charge in [-0.05, 0) is 25.6 Å². The lowest BCUT2D eigenvalue weighted by atomic mass is 9.99. The van der Waals surface area contributed by atoms with Gasteiger partial charge in [0, 0.05) is 41.9 Å². The third kappa shape index (κ3) is 2.69. The number of aryl methyl sites for hydroxylation is 1. The number of likely N-dealkylation sites (N-methyl/N-ethyl adjacent to an activating group) is 1. The molecule has 2 heterocycles. The quantitative estimate of drug-likeness (QED) is 0.799. The van der Waals surface area contributed by atoms with Crippen molar-refractivity contribution in [1.29, 1.82) is 0 Å². The van der Waals surface area contributed by atoms with E-state index in [-0.39, 0.29) is 6.04 Å². The topological polar surface area (TPSA) is 29.3 Å². The van der Waals surface area contributed by atoms with Crippen molar-refractivity contribution in [3.05, 3.63) is 58.4 Å². The van der Waals surface area contributed by atoms with Crippen molar-refractivity contribution in [1.82, 2.24) is 14.7 Å². The number of hydrogen-bond acceptors (Lipinski definition) is 3. The van der Waals surface area contributed by atoms with Crippen LogP contribution in [-0.2, 0) is 6.42 Å². The largest absolute Gasteiger partial charge is 0.313 e. The van der Waals surface area contributed by atoms with Crippen molar-refractivity contribution in [2.75, 3.05) is 7.05 Å². The molecule has 6 heteroatoms. The van der Waals surface area contributed by atoms with Crippen molar-refractivity contribution in [3.63, 3.8) is 0 Å². The Kier molecular flexibility index (Phi) is 3.73. The molecular formula is C15H15F2N3S. The van der Waals surface area contributed by atoms with Crippen molar-refractivity contribution >= 4 is 16.3 Å². The fourth-order valence-corrected chi connectivity index (χ4v) is 3.12. The monoisotopic (exact) mass is 307 g/mol. The van der Waals surface area contributed by atoms with Crippen LogP contribution in [0, 0.1) is 18.6 Å². The highest BCUT2D eigenvalue weighted by Gasteiger charge is 2.18. The first-order valence-corrected chi connectivity index (χ1v) is 7.50. The van der Waals surface area contributed by atoms with Crippen LogP contribution in [0.15, 0.2) is 29.9 Å². The van der Waals surface area contributed by atoms with Gasteiger partial charge in [-0.3, -0.25) is 4.40 Å². The van der Waals surface area contributed by atoms with E-state index in [4.69, 9.17) is 0 Å². The third-order valence-electron chi connectivity index (χ3n) is 3.56. The van der Waals surface area contributed by atoms with Crippen LogP contribution >= 0.6 is 11.3 Å². The summed E-state index contributed by atoms with van der Waals surface area (Å²) in [4.78, 5) is 5.41. The minimum Gasteiger partial charge on any atom is -0.313 e. The van der Waals surface area contributed by atoms with Gasteiger partial charge in [0.25, 0.3) is 0 Å². The summed E-state index contributed by atoms with van der Waals surface area (Å²) in [5.41, 5.74) is 1.79. The normalized spacial score (nSPS) is 13.0. The Balaban J connectivity index is 1.91. The second-order valence-corrected chi connectivity index (χ2v) is 5.87. The summed E-state index contributed by atoms with van der Waals surface area (Å²) in [5.74, 6) is -1.05. The van der Waals surface area contributed by atoms with Gasteiger partial charge in [0.2, 0.25) is 0 Å². The van der Waals surface area contributed by atoms with Crippen LogP contribution in [0.25, 0.3) is 4.96 Å². The molecule has 0 radical (unpaired) electrons. The molecule has 3 aromatic rings. The second kappa shape index (κ2) is 5.54. The number of nitrogens with zero attached hydrogens (tertiary/aromatic N) is 2. The van der Waals surface area contributed by atoms with Gasteiger partial charge in [0.05, 0.1) is 5.69 Å². The Morgan fingerprint density at radius 2 is 2.14 bits per heavy atom. The number of benzene rings is 1. The lowest BCUT2D eigenvalue weighted by Crippen LogP contribution is -2.20. The molecule has 0 bridgehead atoms. The third-order valence-corrected chi connectivity index (χ3v) is 4.33. The smallest absolute Gasteiger partial charge is 0.193 e. The molecule has 1 atom stereocenters. The Morgan fingerprint density at radius 3 is 2.86 bits per heavy atom. The van der Waals surface area contributed by atoms with Crippen molar-refractivity contribution < 1.29 is 8.78 Å². The molecule has 0 amide bonds. The maximum Gasteiger partial charge on any atom is 0.193 e. The fraction of sp³-hybridized carbons (Fsp3) is 0.267. The lowest BCUT2D eigenvalue weighted by molar-refractivity contribution is 0.517. The van der Waals surface area contributed by atoms with E-state index in [1.807, 2.05) is 22.2 Å². The minimum absolute atomic E-state index is 0.242. The summed E-state index contributed by atoms with van der Waals surface area (Å²) < 4.78 is 29.3. The van der Waals surface area contributed by atoms with Crippen LogP contribution in [0.5, 0.6) is 0 Å². The molecule has 0 saturated carbocycles. The highest BCUT2D eigenvalue weighted by atomic mass is 32.1. The van der Waals surface area contributed by atoms with Crippen LogP contribution in [0.4, 0.5) is 8.78 Å². The number of imidazole rings is 1. The predicted molar refractivity (Wildman–Crippen MR) is 79.7 cm³/mol. The van der Waals surface area contributed by atoms with E-state index in [0.717, 1.165) is 16.7 Å². The zero-order chi connectivity index (χ0) is 15.0. The van der Waals surface area contributed by atoms with Gasteiger partial charge >= 0.3 is 0 Å². The van der Waals surface area contributed by atoms with E-state index >= 15 is 0 Å². The summed E-state index contributed by atoms with van der Waals surface area (Å²) >= 11 is 1.55. The first-order valence-electron chi connectivity index (χ1n) is 6.62. The number of aromatic nitrogens is 2. The average Bonchev–Trinajstić information content (AvgIpc) is 3.01. The lowest BCUT2D eigenvalue weighted by Gasteiger charge is -2.17. The van der Waals surface area contributed by atoms with E-state index in [1.165, 1.54) is 0 Å². The molecule has 0 aliphatic heterocycles. The average molecular weight is 307 g/mol. The van der Waals surface area contributed by atoms with Gasteiger partial charge < -0.3 is 5.32 Å². The molecule has 0 saturated heterocycles. The second-order valence-electron chi connectivity index (χ2n) is 4.99. The molecule has 0 fully saturated rings. The van der Waals surface area contributed by atoms with Gasteiger partial charge in [0.1, 0.15) is 11.6 Å². The van der Waals surface area contributed by atoms with Gasteiger partial charge in [-0.2, -0.15) is 0 Å². The van der Waals surface area contributed by atoms with Crippen molar-refractivity contribution in [2.45, 2.75) is 19.4 Å². The molecule has 0 aliphatic rings. The minimum atomic E-state index is -0.529. The molecule has 2 aromatic heterocycles. The van der Waals surface area contributed by atoms with E-state index in [9.17, 15) is 8.78 Å². The van der Waals surface area contributed by atoms with E-state index in [1.54, 1.807) is 31.4 Å². The van der Waals surface area contributed by atoms with Crippen LogP contribution < -0.4 is 5.32 Å². The van der Waals surface area contributed by atoms with Crippen molar-refractivity contribution in [3.8, 4) is 0 Å². The summed E-state index contributed by atoms with van der Waals surface area (Å²) in [5, 5.41) is 5.05. The predicted octanol–water partition coefficient (Wildman–Crippen LogP) is 3.49. The van der Waals surface area contributed by atoms with Gasteiger partial charge in [0.15, 0.2) is 4.96 Å². The Bertz CT molecular complexity index is 750. The van der Waals surface area contributed by atoms with Crippen LogP contribution in [0.3, 0.4) is 0 Å². The van der Waals surface area contributed by atoms with Crippen LogP contribution in [0.2, 0.25) is 0 Å². The fourth-order valence-electron chi connectivity index (χ4n) is 2.40. The molecule has 3 nitrogen and oxygen atoms in total. The number of rotatable bonds is 4. The summed E-state index contributed by atoms with van der Waals surface area (Å²) in [7, 11) is 1.77.